The highest BCUT2D eigenvalue weighted by Crippen LogP contribution is 2.41. The average Bonchev–Trinajstić information content (AvgIpc) is 3.18. The number of nitrogens with zero attached hydrogens (tertiary/aromatic N) is 3. The maximum absolute atomic E-state index is 13.0. The van der Waals surface area contributed by atoms with E-state index in [1.807, 2.05) is 17.0 Å². The molecule has 0 N–H and O–H groups in total. The Balaban J connectivity index is 1.34. The van der Waals surface area contributed by atoms with E-state index >= 15 is 0 Å². The molecule has 2 unspecified atom stereocenters. The van der Waals surface area contributed by atoms with Crippen molar-refractivity contribution < 1.29 is 4.79 Å². The minimum Gasteiger partial charge on any atom is -0.339 e. The number of hydrogen-bond acceptors (Lipinski definition) is 3. The molecule has 3 aromatic rings. The van der Waals surface area contributed by atoms with Gasteiger partial charge in [0.25, 0.3) is 5.91 Å². The number of amides is 1. The first kappa shape index (κ1) is 25.5. The van der Waals surface area contributed by atoms with E-state index in [0.717, 1.165) is 38.0 Å². The molecule has 0 radical (unpaired) electrons. The predicted octanol–water partition coefficient (Wildman–Crippen LogP) is 6.93. The summed E-state index contributed by atoms with van der Waals surface area (Å²) < 4.78 is 0. The smallest absolute Gasteiger partial charge is 0.253 e. The second-order valence-corrected chi connectivity index (χ2v) is 10.6. The molecule has 1 amide bonds. The summed E-state index contributed by atoms with van der Waals surface area (Å²) in [5.74, 6) is 0.131. The molecule has 4 heteroatoms. The first-order valence-electron chi connectivity index (χ1n) is 14.2. The lowest BCUT2D eigenvalue weighted by Crippen LogP contribution is -2.50. The first-order valence-corrected chi connectivity index (χ1v) is 14.2. The molecule has 2 bridgehead atoms. The van der Waals surface area contributed by atoms with E-state index < -0.39 is 0 Å². The maximum atomic E-state index is 13.0. The highest BCUT2D eigenvalue weighted by Gasteiger charge is 2.42. The molecule has 37 heavy (non-hydrogen) atoms. The Bertz CT molecular complexity index is 1120. The van der Waals surface area contributed by atoms with Gasteiger partial charge in [0, 0.05) is 54.7 Å². The Morgan fingerprint density at radius 3 is 2.00 bits per heavy atom. The van der Waals surface area contributed by atoms with Crippen molar-refractivity contribution in [3.05, 3.63) is 96.1 Å². The van der Waals surface area contributed by atoms with Gasteiger partial charge in [-0.1, -0.05) is 55.5 Å². The lowest BCUT2D eigenvalue weighted by atomic mass is 9.94. The van der Waals surface area contributed by atoms with Gasteiger partial charge in [-0.25, -0.2) is 0 Å². The monoisotopic (exact) mass is 495 g/mol. The number of hydrogen-bond donors (Lipinski definition) is 0. The molecule has 2 saturated heterocycles. The van der Waals surface area contributed by atoms with Gasteiger partial charge in [0.05, 0.1) is 0 Å². The van der Waals surface area contributed by atoms with Gasteiger partial charge in [-0.2, -0.15) is 0 Å². The number of rotatable bonds is 10. The number of para-hydroxylation sites is 1. The normalized spacial score (nSPS) is 21.1. The third kappa shape index (κ3) is 5.75. The molecule has 0 spiro atoms. The van der Waals surface area contributed by atoms with Crippen LogP contribution in [-0.2, 0) is 6.42 Å². The molecule has 2 fully saturated rings. The average molecular weight is 496 g/mol. The molecule has 2 heterocycles. The van der Waals surface area contributed by atoms with Crippen LogP contribution in [0.4, 0.5) is 11.4 Å². The first-order chi connectivity index (χ1) is 18.2. The van der Waals surface area contributed by atoms with Gasteiger partial charge in [0.1, 0.15) is 0 Å². The summed E-state index contributed by atoms with van der Waals surface area (Å²) in [5.41, 5.74) is 4.64. The predicted molar refractivity (Wildman–Crippen MR) is 154 cm³/mol. The molecular formula is C33H41N3O. The third-order valence-electron chi connectivity index (χ3n) is 8.32. The van der Waals surface area contributed by atoms with Crippen LogP contribution in [0.1, 0.15) is 61.9 Å². The molecule has 0 saturated carbocycles. The van der Waals surface area contributed by atoms with Crippen molar-refractivity contribution in [3.8, 4) is 0 Å². The molecule has 0 aliphatic carbocycles. The van der Waals surface area contributed by atoms with Crippen LogP contribution in [0.15, 0.2) is 84.9 Å². The second kappa shape index (κ2) is 12.0. The summed E-state index contributed by atoms with van der Waals surface area (Å²) in [6, 6.07) is 31.8. The van der Waals surface area contributed by atoms with E-state index in [0.29, 0.717) is 18.1 Å². The summed E-state index contributed by atoms with van der Waals surface area (Å²) in [6.45, 7) is 6.88. The summed E-state index contributed by atoms with van der Waals surface area (Å²) >= 11 is 0. The maximum Gasteiger partial charge on any atom is 0.253 e. The molecule has 3 aromatic carbocycles. The molecule has 2 aliphatic heterocycles. The minimum atomic E-state index is 0.131. The van der Waals surface area contributed by atoms with Gasteiger partial charge < -0.3 is 9.80 Å². The van der Waals surface area contributed by atoms with Crippen LogP contribution in [0.5, 0.6) is 0 Å². The fourth-order valence-electron chi connectivity index (χ4n) is 6.50. The Labute approximate surface area is 222 Å². The molecule has 4 nitrogen and oxygen atoms in total. The summed E-state index contributed by atoms with van der Waals surface area (Å²) in [6.07, 6.45) is 7.07. The van der Waals surface area contributed by atoms with Crippen LogP contribution in [0.25, 0.3) is 0 Å². The lowest BCUT2D eigenvalue weighted by Gasteiger charge is -2.44. The largest absolute Gasteiger partial charge is 0.339 e. The highest BCUT2D eigenvalue weighted by molar-refractivity contribution is 5.94. The molecule has 194 valence electrons. The van der Waals surface area contributed by atoms with Gasteiger partial charge in [-0.05, 0) is 87.4 Å². The SMILES string of the molecule is CCCN(CC)C(=O)c1ccc(N(c2ccccc2)C2CC3CCC(C2)N3CCc2ccccc2)cc1. The number of benzene rings is 3. The van der Waals surface area contributed by atoms with Crippen LogP contribution < -0.4 is 4.90 Å². The van der Waals surface area contributed by atoms with Crippen molar-refractivity contribution in [1.82, 2.24) is 9.80 Å². The van der Waals surface area contributed by atoms with Crippen molar-refractivity contribution in [2.45, 2.75) is 70.5 Å². The molecule has 2 atom stereocenters. The quantitative estimate of drug-likeness (QED) is 0.305. The number of piperidine rings is 1. The summed E-state index contributed by atoms with van der Waals surface area (Å²) in [7, 11) is 0. The van der Waals surface area contributed by atoms with Crippen LogP contribution >= 0.6 is 0 Å². The molecule has 2 aliphatic rings. The second-order valence-electron chi connectivity index (χ2n) is 10.6. The minimum absolute atomic E-state index is 0.131. The van der Waals surface area contributed by atoms with Gasteiger partial charge in [-0.3, -0.25) is 9.69 Å². The number of carbonyl (C=O) groups excluding carboxylic acids is 1. The van der Waals surface area contributed by atoms with Gasteiger partial charge in [0.2, 0.25) is 0 Å². The Morgan fingerprint density at radius 2 is 1.41 bits per heavy atom. The molecule has 5 rings (SSSR count). The zero-order valence-corrected chi connectivity index (χ0v) is 22.4. The van der Waals surface area contributed by atoms with Crippen molar-refractivity contribution in [1.29, 1.82) is 0 Å². The Morgan fingerprint density at radius 1 is 0.811 bits per heavy atom. The van der Waals surface area contributed by atoms with Crippen LogP contribution in [0.2, 0.25) is 0 Å². The Kier molecular flexibility index (Phi) is 8.25. The zero-order valence-electron chi connectivity index (χ0n) is 22.4. The van der Waals surface area contributed by atoms with Crippen molar-refractivity contribution in [2.24, 2.45) is 0 Å². The summed E-state index contributed by atoms with van der Waals surface area (Å²) in [5, 5.41) is 0. The van der Waals surface area contributed by atoms with Gasteiger partial charge in [0.15, 0.2) is 0 Å². The van der Waals surface area contributed by atoms with Gasteiger partial charge in [-0.15, -0.1) is 0 Å². The third-order valence-corrected chi connectivity index (χ3v) is 8.32. The Hall–Kier alpha value is -3.11. The fourth-order valence-corrected chi connectivity index (χ4v) is 6.50. The van der Waals surface area contributed by atoms with Crippen LogP contribution in [0, 0.1) is 0 Å². The molecule has 0 aromatic heterocycles. The highest BCUT2D eigenvalue weighted by atomic mass is 16.2. The van der Waals surface area contributed by atoms with Crippen molar-refractivity contribution >= 4 is 17.3 Å². The van der Waals surface area contributed by atoms with Crippen LogP contribution in [-0.4, -0.2) is 53.5 Å². The topological polar surface area (TPSA) is 26.8 Å². The van der Waals surface area contributed by atoms with E-state index in [4.69, 9.17) is 0 Å². The van der Waals surface area contributed by atoms with E-state index in [1.54, 1.807) is 0 Å². The number of fused-ring (bicyclic) bond motifs is 2. The van der Waals surface area contributed by atoms with E-state index in [-0.39, 0.29) is 5.91 Å². The van der Waals surface area contributed by atoms with Gasteiger partial charge >= 0.3 is 0 Å². The van der Waals surface area contributed by atoms with Crippen LogP contribution in [0.3, 0.4) is 0 Å². The zero-order chi connectivity index (χ0) is 25.6. The van der Waals surface area contributed by atoms with E-state index in [1.165, 1.54) is 42.6 Å². The lowest BCUT2D eigenvalue weighted by molar-refractivity contribution is 0.0764. The van der Waals surface area contributed by atoms with E-state index in [9.17, 15) is 4.79 Å². The number of carbonyl (C=O) groups is 1. The standard InChI is InChI=1S/C33H41N3O/c1-3-22-34(4-2)33(37)27-15-17-29(18-16-27)36(28-13-9-6-10-14-28)32-24-30-19-20-31(25-32)35(30)23-21-26-11-7-5-8-12-26/h5-18,30-32H,3-4,19-25H2,1-2H3. The number of anilines is 2. The van der Waals surface area contributed by atoms with Crippen molar-refractivity contribution in [2.75, 3.05) is 24.5 Å². The fraction of sp³-hybridized carbons (Fsp3) is 0.424. The molecular weight excluding hydrogens is 454 g/mol. The van der Waals surface area contributed by atoms with E-state index in [2.05, 4.69) is 96.4 Å². The van der Waals surface area contributed by atoms with Crippen molar-refractivity contribution in [3.63, 3.8) is 0 Å². The summed E-state index contributed by atoms with van der Waals surface area (Å²) in [4.78, 5) is 20.3.